The van der Waals surface area contributed by atoms with Crippen LogP contribution >= 0.6 is 11.8 Å². The Bertz CT molecular complexity index is 542. The van der Waals surface area contributed by atoms with Crippen molar-refractivity contribution in [1.29, 1.82) is 0 Å². The third-order valence-electron chi connectivity index (χ3n) is 2.50. The summed E-state index contributed by atoms with van der Waals surface area (Å²) in [4.78, 5) is 2.00. The first kappa shape index (κ1) is 13.7. The van der Waals surface area contributed by atoms with Crippen LogP contribution in [0.3, 0.4) is 0 Å². The molecule has 0 fully saturated rings. The van der Waals surface area contributed by atoms with Crippen LogP contribution in [0.4, 0.5) is 10.1 Å². The lowest BCUT2D eigenvalue weighted by atomic mass is 10.3. The van der Waals surface area contributed by atoms with E-state index < -0.39 is 0 Å². The summed E-state index contributed by atoms with van der Waals surface area (Å²) in [5.41, 5.74) is 6.50. The molecule has 0 unspecified atom stereocenters. The highest BCUT2D eigenvalue weighted by atomic mass is 32.2. The fourth-order valence-electron chi connectivity index (χ4n) is 1.55. The van der Waals surface area contributed by atoms with Gasteiger partial charge in [0.1, 0.15) is 11.6 Å². The minimum absolute atomic E-state index is 0.228. The van der Waals surface area contributed by atoms with E-state index in [0.29, 0.717) is 18.0 Å². The molecule has 2 N–H and O–H groups in total. The molecule has 19 heavy (non-hydrogen) atoms. The Kier molecular flexibility index (Phi) is 4.68. The van der Waals surface area contributed by atoms with E-state index in [2.05, 4.69) is 0 Å². The third kappa shape index (κ3) is 3.89. The van der Waals surface area contributed by atoms with Crippen LogP contribution in [0.5, 0.6) is 5.75 Å². The molecular formula is C15H16FNOS. The highest BCUT2D eigenvalue weighted by molar-refractivity contribution is 7.99. The SMILES string of the molecule is CCCOc1cc(Sc2ccc(F)cc2)ccc1N. The molecule has 0 aliphatic carbocycles. The van der Waals surface area contributed by atoms with E-state index in [1.54, 1.807) is 23.9 Å². The number of hydrogen-bond acceptors (Lipinski definition) is 3. The normalized spacial score (nSPS) is 10.4. The van der Waals surface area contributed by atoms with Gasteiger partial charge < -0.3 is 10.5 Å². The van der Waals surface area contributed by atoms with Gasteiger partial charge in [-0.25, -0.2) is 4.39 Å². The first-order valence-electron chi connectivity index (χ1n) is 6.15. The van der Waals surface area contributed by atoms with E-state index in [4.69, 9.17) is 10.5 Å². The van der Waals surface area contributed by atoms with Gasteiger partial charge >= 0.3 is 0 Å². The van der Waals surface area contributed by atoms with Crippen LogP contribution < -0.4 is 10.5 Å². The van der Waals surface area contributed by atoms with Gasteiger partial charge in [-0.15, -0.1) is 0 Å². The summed E-state index contributed by atoms with van der Waals surface area (Å²) in [6.45, 7) is 2.70. The molecule has 2 rings (SSSR count). The van der Waals surface area contributed by atoms with Gasteiger partial charge in [0.25, 0.3) is 0 Å². The van der Waals surface area contributed by atoms with Crippen molar-refractivity contribution in [2.45, 2.75) is 23.1 Å². The molecule has 0 aliphatic rings. The van der Waals surface area contributed by atoms with E-state index in [-0.39, 0.29) is 5.82 Å². The molecule has 0 bridgehead atoms. The zero-order chi connectivity index (χ0) is 13.7. The van der Waals surface area contributed by atoms with Gasteiger partial charge in [0.2, 0.25) is 0 Å². The van der Waals surface area contributed by atoms with Crippen molar-refractivity contribution >= 4 is 17.4 Å². The van der Waals surface area contributed by atoms with Crippen LogP contribution in [-0.4, -0.2) is 6.61 Å². The molecule has 0 aliphatic heterocycles. The molecule has 0 radical (unpaired) electrons. The quantitative estimate of drug-likeness (QED) is 0.825. The van der Waals surface area contributed by atoms with Gasteiger partial charge in [-0.2, -0.15) is 0 Å². The summed E-state index contributed by atoms with van der Waals surface area (Å²) in [6.07, 6.45) is 0.939. The minimum atomic E-state index is -0.228. The molecule has 0 saturated heterocycles. The van der Waals surface area contributed by atoms with Crippen LogP contribution in [0.25, 0.3) is 0 Å². The maximum absolute atomic E-state index is 12.8. The molecule has 2 aromatic carbocycles. The van der Waals surface area contributed by atoms with Gasteiger partial charge in [-0.1, -0.05) is 18.7 Å². The highest BCUT2D eigenvalue weighted by Gasteiger charge is 2.04. The summed E-state index contributed by atoms with van der Waals surface area (Å²) >= 11 is 1.55. The first-order valence-corrected chi connectivity index (χ1v) is 6.96. The predicted molar refractivity (Wildman–Crippen MR) is 77.2 cm³/mol. The molecule has 0 aromatic heterocycles. The van der Waals surface area contributed by atoms with E-state index in [9.17, 15) is 4.39 Å². The lowest BCUT2D eigenvalue weighted by Gasteiger charge is -2.09. The zero-order valence-electron chi connectivity index (χ0n) is 10.7. The Balaban J connectivity index is 2.14. The van der Waals surface area contributed by atoms with Crippen LogP contribution in [0, 0.1) is 5.82 Å². The van der Waals surface area contributed by atoms with Crippen LogP contribution in [0.1, 0.15) is 13.3 Å². The highest BCUT2D eigenvalue weighted by Crippen LogP contribution is 2.33. The number of nitrogens with two attached hydrogens (primary N) is 1. The van der Waals surface area contributed by atoms with Crippen molar-refractivity contribution in [1.82, 2.24) is 0 Å². The Labute approximate surface area is 116 Å². The molecule has 0 amide bonds. The van der Waals surface area contributed by atoms with Crippen molar-refractivity contribution in [3.63, 3.8) is 0 Å². The van der Waals surface area contributed by atoms with Crippen molar-refractivity contribution in [2.75, 3.05) is 12.3 Å². The number of anilines is 1. The molecule has 0 spiro atoms. The summed E-state index contributed by atoms with van der Waals surface area (Å²) in [7, 11) is 0. The Morgan fingerprint density at radius 3 is 2.47 bits per heavy atom. The van der Waals surface area contributed by atoms with E-state index in [1.165, 1.54) is 12.1 Å². The smallest absolute Gasteiger partial charge is 0.143 e. The molecule has 0 saturated carbocycles. The molecule has 2 nitrogen and oxygen atoms in total. The fourth-order valence-corrected chi connectivity index (χ4v) is 2.40. The zero-order valence-corrected chi connectivity index (χ0v) is 11.5. The minimum Gasteiger partial charge on any atom is -0.491 e. The number of rotatable bonds is 5. The van der Waals surface area contributed by atoms with Crippen LogP contribution in [0.15, 0.2) is 52.3 Å². The maximum atomic E-state index is 12.8. The van der Waals surface area contributed by atoms with Crippen LogP contribution in [-0.2, 0) is 0 Å². The average Bonchev–Trinajstić information content (AvgIpc) is 2.42. The monoisotopic (exact) mass is 277 g/mol. The molecule has 4 heteroatoms. The fraction of sp³-hybridized carbons (Fsp3) is 0.200. The number of ether oxygens (including phenoxy) is 1. The van der Waals surface area contributed by atoms with Crippen molar-refractivity contribution in [3.8, 4) is 5.75 Å². The van der Waals surface area contributed by atoms with E-state index >= 15 is 0 Å². The van der Waals surface area contributed by atoms with Crippen molar-refractivity contribution in [3.05, 3.63) is 48.3 Å². The largest absolute Gasteiger partial charge is 0.491 e. The number of nitrogen functional groups attached to an aromatic ring is 1. The Morgan fingerprint density at radius 1 is 1.11 bits per heavy atom. The van der Waals surface area contributed by atoms with Gasteiger partial charge in [0.05, 0.1) is 12.3 Å². The maximum Gasteiger partial charge on any atom is 0.143 e. The molecule has 0 heterocycles. The summed E-state index contributed by atoms with van der Waals surface area (Å²) in [5.74, 6) is 0.475. The van der Waals surface area contributed by atoms with Gasteiger partial charge in [-0.3, -0.25) is 0 Å². The summed E-state index contributed by atoms with van der Waals surface area (Å²) in [6, 6.07) is 12.1. The van der Waals surface area contributed by atoms with E-state index in [0.717, 1.165) is 16.2 Å². The number of hydrogen-bond donors (Lipinski definition) is 1. The van der Waals surface area contributed by atoms with Crippen molar-refractivity contribution in [2.24, 2.45) is 0 Å². The second-order valence-electron chi connectivity index (χ2n) is 4.10. The van der Waals surface area contributed by atoms with E-state index in [1.807, 2.05) is 25.1 Å². The molecule has 2 aromatic rings. The molecule has 0 atom stereocenters. The molecule has 100 valence electrons. The summed E-state index contributed by atoms with van der Waals surface area (Å²) in [5, 5.41) is 0. The Morgan fingerprint density at radius 2 is 1.79 bits per heavy atom. The van der Waals surface area contributed by atoms with Gasteiger partial charge in [0, 0.05) is 9.79 Å². The average molecular weight is 277 g/mol. The molecular weight excluding hydrogens is 261 g/mol. The van der Waals surface area contributed by atoms with Gasteiger partial charge in [0.15, 0.2) is 0 Å². The number of benzene rings is 2. The second-order valence-corrected chi connectivity index (χ2v) is 5.25. The third-order valence-corrected chi connectivity index (χ3v) is 3.49. The predicted octanol–water partition coefficient (Wildman–Crippen LogP) is 4.35. The topological polar surface area (TPSA) is 35.2 Å². The number of halogens is 1. The standard InChI is InChI=1S/C15H16FNOS/c1-2-9-18-15-10-13(7-8-14(15)17)19-12-5-3-11(16)4-6-12/h3-8,10H,2,9,17H2,1H3. The van der Waals surface area contributed by atoms with Gasteiger partial charge in [-0.05, 0) is 48.9 Å². The van der Waals surface area contributed by atoms with Crippen molar-refractivity contribution < 1.29 is 9.13 Å². The first-order chi connectivity index (χ1) is 9.19. The summed E-state index contributed by atoms with van der Waals surface area (Å²) < 4.78 is 18.4. The lowest BCUT2D eigenvalue weighted by Crippen LogP contribution is -1.98. The van der Waals surface area contributed by atoms with Crippen LogP contribution in [0.2, 0.25) is 0 Å². The lowest BCUT2D eigenvalue weighted by molar-refractivity contribution is 0.318. The second kappa shape index (κ2) is 6.48. The Hall–Kier alpha value is -1.68.